The van der Waals surface area contributed by atoms with Gasteiger partial charge in [-0.25, -0.2) is 0 Å². The molecule has 0 fully saturated rings. The molecule has 0 aromatic carbocycles. The molecule has 0 aromatic heterocycles. The fraction of sp³-hybridized carbons (Fsp3) is 0.875. The number of hydrogen-bond donors (Lipinski definition) is 0. The molecule has 3 heteroatoms. The zero-order valence-electron chi connectivity index (χ0n) is 7.94. The highest BCUT2D eigenvalue weighted by Crippen LogP contribution is 2.15. The topological polar surface area (TPSA) is 17.1 Å². The summed E-state index contributed by atoms with van der Waals surface area (Å²) >= 11 is 1.46. The third kappa shape index (κ3) is 8.14. The van der Waals surface area contributed by atoms with Gasteiger partial charge in [0.15, 0.2) is 5.12 Å². The second kappa shape index (κ2) is 4.98. The fourth-order valence-electron chi connectivity index (χ4n) is 0.710. The average molecular weight is 190 g/mol. The van der Waals surface area contributed by atoms with Crippen LogP contribution in [0.4, 0.5) is 0 Å². The molecule has 0 amide bonds. The fourth-order valence-corrected chi connectivity index (χ4v) is 2.44. The van der Waals surface area contributed by atoms with Crippen molar-refractivity contribution in [3.8, 4) is 0 Å². The van der Waals surface area contributed by atoms with Crippen LogP contribution in [0.5, 0.6) is 0 Å². The summed E-state index contributed by atoms with van der Waals surface area (Å²) in [6.07, 6.45) is 0.786. The van der Waals surface area contributed by atoms with Gasteiger partial charge in [-0.3, -0.25) is 4.79 Å². The van der Waals surface area contributed by atoms with Crippen molar-refractivity contribution in [1.29, 1.82) is 0 Å². The maximum absolute atomic E-state index is 11.1. The Labute approximate surface area is 75.0 Å². The SMILES string of the molecule is CCSC(=O)CC[Si](C)(C)C. The van der Waals surface area contributed by atoms with E-state index < -0.39 is 8.07 Å². The smallest absolute Gasteiger partial charge is 0.188 e. The Morgan fingerprint density at radius 3 is 2.27 bits per heavy atom. The summed E-state index contributed by atoms with van der Waals surface area (Å²) in [7, 11) is -0.983. The highest BCUT2D eigenvalue weighted by atomic mass is 32.2. The van der Waals surface area contributed by atoms with Gasteiger partial charge in [-0.2, -0.15) is 0 Å². The van der Waals surface area contributed by atoms with Gasteiger partial charge in [0.05, 0.1) is 0 Å². The molecule has 0 aliphatic heterocycles. The number of thioether (sulfide) groups is 1. The van der Waals surface area contributed by atoms with Gasteiger partial charge in [0, 0.05) is 14.5 Å². The number of carbonyl (C=O) groups excluding carboxylic acids is 1. The van der Waals surface area contributed by atoms with Gasteiger partial charge >= 0.3 is 0 Å². The second-order valence-electron chi connectivity index (χ2n) is 3.87. The Balaban J connectivity index is 3.46. The Morgan fingerprint density at radius 2 is 1.91 bits per heavy atom. The van der Waals surface area contributed by atoms with E-state index in [0.29, 0.717) is 5.12 Å². The predicted octanol–water partition coefficient (Wildman–Crippen LogP) is 2.99. The Kier molecular flexibility index (Phi) is 5.09. The third-order valence-electron chi connectivity index (χ3n) is 1.38. The van der Waals surface area contributed by atoms with E-state index >= 15 is 0 Å². The van der Waals surface area contributed by atoms with E-state index in [4.69, 9.17) is 0 Å². The number of carbonyl (C=O) groups is 1. The van der Waals surface area contributed by atoms with Gasteiger partial charge in [0.2, 0.25) is 0 Å². The molecule has 0 saturated heterocycles. The summed E-state index contributed by atoms with van der Waals surface area (Å²) in [5, 5.41) is 0.370. The maximum Gasteiger partial charge on any atom is 0.188 e. The van der Waals surface area contributed by atoms with Crippen molar-refractivity contribution in [3.63, 3.8) is 0 Å². The van der Waals surface area contributed by atoms with Crippen LogP contribution in [-0.2, 0) is 4.79 Å². The molecule has 0 spiro atoms. The molecule has 1 nitrogen and oxygen atoms in total. The highest BCUT2D eigenvalue weighted by molar-refractivity contribution is 8.13. The van der Waals surface area contributed by atoms with Gasteiger partial charge in [0.25, 0.3) is 0 Å². The van der Waals surface area contributed by atoms with Crippen LogP contribution in [0, 0.1) is 0 Å². The molecule has 0 aliphatic carbocycles. The zero-order chi connectivity index (χ0) is 8.91. The molecule has 0 atom stereocenters. The highest BCUT2D eigenvalue weighted by Gasteiger charge is 2.14. The van der Waals surface area contributed by atoms with Gasteiger partial charge in [-0.15, -0.1) is 0 Å². The minimum Gasteiger partial charge on any atom is -0.287 e. The van der Waals surface area contributed by atoms with Crippen LogP contribution in [0.15, 0.2) is 0 Å². The van der Waals surface area contributed by atoms with Crippen LogP contribution < -0.4 is 0 Å². The van der Waals surface area contributed by atoms with Gasteiger partial charge in [0.1, 0.15) is 0 Å². The minimum absolute atomic E-state index is 0.370. The van der Waals surface area contributed by atoms with Crippen molar-refractivity contribution in [2.45, 2.75) is 39.0 Å². The molecule has 11 heavy (non-hydrogen) atoms. The first-order valence-corrected chi connectivity index (χ1v) is 8.80. The quantitative estimate of drug-likeness (QED) is 0.634. The molecule has 0 aromatic rings. The summed E-state index contributed by atoms with van der Waals surface area (Å²) < 4.78 is 0. The first-order valence-electron chi connectivity index (χ1n) is 4.11. The summed E-state index contributed by atoms with van der Waals surface area (Å²) in [6.45, 7) is 8.93. The summed E-state index contributed by atoms with van der Waals surface area (Å²) in [6, 6.07) is 1.14. The van der Waals surface area contributed by atoms with E-state index in [1.807, 2.05) is 6.92 Å². The van der Waals surface area contributed by atoms with Crippen LogP contribution >= 0.6 is 11.8 Å². The van der Waals surface area contributed by atoms with Gasteiger partial charge < -0.3 is 0 Å². The Hall–Kier alpha value is 0.237. The van der Waals surface area contributed by atoms with E-state index in [2.05, 4.69) is 19.6 Å². The lowest BCUT2D eigenvalue weighted by atomic mass is 10.5. The molecule has 0 bridgehead atoms. The van der Waals surface area contributed by atoms with Crippen LogP contribution in [0.25, 0.3) is 0 Å². The largest absolute Gasteiger partial charge is 0.287 e. The van der Waals surface area contributed by atoms with Crippen molar-refractivity contribution in [1.82, 2.24) is 0 Å². The van der Waals surface area contributed by atoms with E-state index in [-0.39, 0.29) is 0 Å². The first kappa shape index (κ1) is 11.2. The lowest BCUT2D eigenvalue weighted by Gasteiger charge is -2.13. The maximum atomic E-state index is 11.1. The normalized spacial score (nSPS) is 11.6. The van der Waals surface area contributed by atoms with Crippen molar-refractivity contribution < 1.29 is 4.79 Å². The minimum atomic E-state index is -0.983. The van der Waals surface area contributed by atoms with Gasteiger partial charge in [-0.1, -0.05) is 38.3 Å². The molecular weight excluding hydrogens is 172 g/mol. The monoisotopic (exact) mass is 190 g/mol. The van der Waals surface area contributed by atoms with Crippen molar-refractivity contribution in [2.75, 3.05) is 5.75 Å². The van der Waals surface area contributed by atoms with E-state index in [9.17, 15) is 4.79 Å². The molecule has 0 radical (unpaired) electrons. The molecule has 0 unspecified atom stereocenters. The molecular formula is C8H18OSSi. The molecule has 0 heterocycles. The van der Waals surface area contributed by atoms with Crippen molar-refractivity contribution in [2.24, 2.45) is 0 Å². The van der Waals surface area contributed by atoms with Crippen LogP contribution in [0.1, 0.15) is 13.3 Å². The molecule has 0 N–H and O–H groups in total. The molecule has 0 rings (SSSR count). The second-order valence-corrected chi connectivity index (χ2v) is 10.8. The van der Waals surface area contributed by atoms with E-state index in [1.165, 1.54) is 11.8 Å². The first-order chi connectivity index (χ1) is 4.95. The summed E-state index contributed by atoms with van der Waals surface area (Å²) in [5.41, 5.74) is 0. The van der Waals surface area contributed by atoms with Gasteiger partial charge in [-0.05, 0) is 11.8 Å². The summed E-state index contributed by atoms with van der Waals surface area (Å²) in [5.74, 6) is 0.921. The number of rotatable bonds is 4. The number of hydrogen-bond acceptors (Lipinski definition) is 2. The van der Waals surface area contributed by atoms with Crippen molar-refractivity contribution >= 4 is 25.0 Å². The van der Waals surface area contributed by atoms with Crippen molar-refractivity contribution in [3.05, 3.63) is 0 Å². The average Bonchev–Trinajstić information content (AvgIpc) is 1.83. The zero-order valence-corrected chi connectivity index (χ0v) is 9.75. The lowest BCUT2D eigenvalue weighted by molar-refractivity contribution is -0.110. The Bertz CT molecular complexity index is 129. The van der Waals surface area contributed by atoms with Crippen LogP contribution in [0.3, 0.4) is 0 Å². The lowest BCUT2D eigenvalue weighted by Crippen LogP contribution is -2.19. The van der Waals surface area contributed by atoms with Crippen LogP contribution in [-0.4, -0.2) is 18.9 Å². The molecule has 0 aliphatic rings. The van der Waals surface area contributed by atoms with E-state index in [1.54, 1.807) is 0 Å². The molecule has 66 valence electrons. The third-order valence-corrected chi connectivity index (χ3v) is 3.95. The van der Waals surface area contributed by atoms with Crippen LogP contribution in [0.2, 0.25) is 25.7 Å². The summed E-state index contributed by atoms with van der Waals surface area (Å²) in [4.78, 5) is 11.1. The Morgan fingerprint density at radius 1 is 1.36 bits per heavy atom. The standard InChI is InChI=1S/C8H18OSSi/c1-5-10-8(9)6-7-11(2,3)4/h5-7H2,1-4H3. The van der Waals surface area contributed by atoms with E-state index in [0.717, 1.165) is 18.2 Å². The predicted molar refractivity (Wildman–Crippen MR) is 55.9 cm³/mol. The molecule has 0 saturated carbocycles.